The Labute approximate surface area is 175 Å². The Hall–Kier alpha value is -3.67. The molecule has 6 nitrogen and oxygen atoms in total. The van der Waals surface area contributed by atoms with Gasteiger partial charge in [-0.1, -0.05) is 36.4 Å². The summed E-state index contributed by atoms with van der Waals surface area (Å²) in [7, 11) is 0. The number of piperidine rings is 1. The average molecular weight is 397 g/mol. The van der Waals surface area contributed by atoms with Crippen molar-refractivity contribution in [3.05, 3.63) is 95.4 Å². The van der Waals surface area contributed by atoms with Crippen molar-refractivity contribution >= 4 is 5.69 Å². The number of hydrogen-bond donors (Lipinski definition) is 0. The Bertz CT molecular complexity index is 1170. The highest BCUT2D eigenvalue weighted by molar-refractivity contribution is 5.56. The van der Waals surface area contributed by atoms with Crippen molar-refractivity contribution in [2.75, 3.05) is 18.0 Å². The minimum Gasteiger partial charge on any atom is -0.371 e. The van der Waals surface area contributed by atoms with Crippen molar-refractivity contribution in [3.63, 3.8) is 0 Å². The zero-order chi connectivity index (χ0) is 20.3. The van der Waals surface area contributed by atoms with E-state index < -0.39 is 0 Å². The molecule has 1 aliphatic rings. The van der Waals surface area contributed by atoms with Gasteiger partial charge >= 0.3 is 0 Å². The van der Waals surface area contributed by atoms with E-state index in [1.165, 1.54) is 5.69 Å². The van der Waals surface area contributed by atoms with Gasteiger partial charge in [0.2, 0.25) is 5.43 Å². The molecule has 4 aromatic rings. The molecule has 0 bridgehead atoms. The molecule has 1 saturated heterocycles. The first-order valence-electron chi connectivity index (χ1n) is 10.3. The first kappa shape index (κ1) is 18.4. The van der Waals surface area contributed by atoms with Crippen molar-refractivity contribution in [3.8, 4) is 17.1 Å². The van der Waals surface area contributed by atoms with Gasteiger partial charge in [-0.2, -0.15) is 10.2 Å². The molecule has 5 rings (SSSR count). The largest absolute Gasteiger partial charge is 0.371 e. The smallest absolute Gasteiger partial charge is 0.209 e. The standard InChI is InChI=1S/C24H23N5O/c30-23-14-18-28(20-12-16-27(17-13-20)19-7-3-1-4-8-19)26-24(23)22-11-15-25-29(22)21-9-5-2-6-10-21/h1-11,14-15,18,20H,12-13,16-17H2. The van der Waals surface area contributed by atoms with Crippen LogP contribution in [-0.2, 0) is 0 Å². The van der Waals surface area contributed by atoms with Gasteiger partial charge in [-0.25, -0.2) is 4.68 Å². The Morgan fingerprint density at radius 1 is 0.800 bits per heavy atom. The Balaban J connectivity index is 1.41. The summed E-state index contributed by atoms with van der Waals surface area (Å²) in [5, 5.41) is 9.16. The molecule has 0 aliphatic carbocycles. The van der Waals surface area contributed by atoms with Crippen LogP contribution in [0.2, 0.25) is 0 Å². The van der Waals surface area contributed by atoms with E-state index in [9.17, 15) is 4.79 Å². The summed E-state index contributed by atoms with van der Waals surface area (Å²) < 4.78 is 3.73. The zero-order valence-corrected chi connectivity index (χ0v) is 16.6. The Kier molecular flexibility index (Phi) is 4.89. The third-order valence-electron chi connectivity index (χ3n) is 5.67. The second-order valence-corrected chi connectivity index (χ2v) is 7.53. The number of aromatic nitrogens is 4. The first-order valence-corrected chi connectivity index (χ1v) is 10.3. The van der Waals surface area contributed by atoms with Crippen LogP contribution < -0.4 is 10.3 Å². The molecule has 30 heavy (non-hydrogen) atoms. The van der Waals surface area contributed by atoms with Crippen LogP contribution >= 0.6 is 0 Å². The summed E-state index contributed by atoms with van der Waals surface area (Å²) in [6.45, 7) is 1.94. The lowest BCUT2D eigenvalue weighted by Crippen LogP contribution is -2.35. The summed E-state index contributed by atoms with van der Waals surface area (Å²) in [6.07, 6.45) is 5.50. The first-order chi connectivity index (χ1) is 14.8. The monoisotopic (exact) mass is 397 g/mol. The Morgan fingerprint density at radius 3 is 2.17 bits per heavy atom. The minimum atomic E-state index is -0.0920. The number of rotatable bonds is 4. The second kappa shape index (κ2) is 7.99. The van der Waals surface area contributed by atoms with Crippen LogP contribution in [0.5, 0.6) is 0 Å². The van der Waals surface area contributed by atoms with Gasteiger partial charge in [0.25, 0.3) is 0 Å². The summed E-state index contributed by atoms with van der Waals surface area (Å²) in [5.74, 6) is 0. The van der Waals surface area contributed by atoms with E-state index in [1.54, 1.807) is 16.9 Å². The topological polar surface area (TPSA) is 56.0 Å². The SMILES string of the molecule is O=c1ccn(C2CCN(c3ccccc3)CC2)nc1-c1ccnn1-c1ccccc1. The lowest BCUT2D eigenvalue weighted by Gasteiger charge is -2.34. The molecule has 0 N–H and O–H groups in total. The highest BCUT2D eigenvalue weighted by Gasteiger charge is 2.22. The van der Waals surface area contributed by atoms with Gasteiger partial charge in [-0.15, -0.1) is 0 Å². The average Bonchev–Trinajstić information content (AvgIpc) is 3.30. The minimum absolute atomic E-state index is 0.0920. The third-order valence-corrected chi connectivity index (χ3v) is 5.67. The van der Waals surface area contributed by atoms with Crippen molar-refractivity contribution < 1.29 is 0 Å². The van der Waals surface area contributed by atoms with E-state index in [0.29, 0.717) is 11.4 Å². The molecular formula is C24H23N5O. The third kappa shape index (κ3) is 3.52. The normalized spacial score (nSPS) is 14.7. The van der Waals surface area contributed by atoms with Gasteiger partial charge < -0.3 is 4.90 Å². The molecule has 2 aromatic heterocycles. The summed E-state index contributed by atoms with van der Waals surface area (Å²) in [5.41, 5.74) is 3.22. The molecule has 150 valence electrons. The summed E-state index contributed by atoms with van der Waals surface area (Å²) >= 11 is 0. The fraction of sp³-hybridized carbons (Fsp3) is 0.208. The molecule has 0 unspecified atom stereocenters. The number of hydrogen-bond acceptors (Lipinski definition) is 4. The van der Waals surface area contributed by atoms with Crippen molar-refractivity contribution in [2.24, 2.45) is 0 Å². The van der Waals surface area contributed by atoms with E-state index in [-0.39, 0.29) is 11.5 Å². The van der Waals surface area contributed by atoms with E-state index in [1.807, 2.05) is 53.3 Å². The number of anilines is 1. The molecule has 0 saturated carbocycles. The second-order valence-electron chi connectivity index (χ2n) is 7.53. The van der Waals surface area contributed by atoms with Crippen LogP contribution in [0.4, 0.5) is 5.69 Å². The maximum atomic E-state index is 12.6. The molecule has 1 fully saturated rings. The number of nitrogens with zero attached hydrogens (tertiary/aromatic N) is 5. The van der Waals surface area contributed by atoms with Gasteiger partial charge in [0, 0.05) is 31.0 Å². The fourth-order valence-corrected chi connectivity index (χ4v) is 4.09. The highest BCUT2D eigenvalue weighted by Crippen LogP contribution is 2.26. The van der Waals surface area contributed by atoms with Crippen LogP contribution in [-0.4, -0.2) is 32.7 Å². The molecule has 2 aromatic carbocycles. The van der Waals surface area contributed by atoms with E-state index in [4.69, 9.17) is 5.10 Å². The lowest BCUT2D eigenvalue weighted by atomic mass is 10.0. The van der Waals surface area contributed by atoms with Gasteiger partial charge in [-0.3, -0.25) is 9.48 Å². The predicted molar refractivity (Wildman–Crippen MR) is 118 cm³/mol. The highest BCUT2D eigenvalue weighted by atomic mass is 16.1. The van der Waals surface area contributed by atoms with E-state index >= 15 is 0 Å². The van der Waals surface area contributed by atoms with Crippen LogP contribution in [0.1, 0.15) is 18.9 Å². The maximum Gasteiger partial charge on any atom is 0.209 e. The predicted octanol–water partition coefficient (Wildman–Crippen LogP) is 3.94. The van der Waals surface area contributed by atoms with Gasteiger partial charge in [0.15, 0.2) is 5.69 Å². The zero-order valence-electron chi connectivity index (χ0n) is 16.6. The van der Waals surface area contributed by atoms with Gasteiger partial charge in [0.05, 0.1) is 23.6 Å². The molecule has 6 heteroatoms. The van der Waals surface area contributed by atoms with Gasteiger partial charge in [0.1, 0.15) is 0 Å². The van der Waals surface area contributed by atoms with Crippen LogP contribution in [0.15, 0.2) is 90.0 Å². The van der Waals surface area contributed by atoms with Crippen LogP contribution in [0.25, 0.3) is 17.1 Å². The quantitative estimate of drug-likeness (QED) is 0.523. The Morgan fingerprint density at radius 2 is 1.47 bits per heavy atom. The molecular weight excluding hydrogens is 374 g/mol. The molecule has 0 atom stereocenters. The maximum absolute atomic E-state index is 12.6. The molecule has 0 spiro atoms. The van der Waals surface area contributed by atoms with Crippen molar-refractivity contribution in [1.29, 1.82) is 0 Å². The lowest BCUT2D eigenvalue weighted by molar-refractivity contribution is 0.362. The molecule has 0 radical (unpaired) electrons. The molecule has 3 heterocycles. The van der Waals surface area contributed by atoms with Crippen LogP contribution in [0, 0.1) is 0 Å². The summed E-state index contributed by atoms with van der Waals surface area (Å²) in [4.78, 5) is 15.1. The van der Waals surface area contributed by atoms with Gasteiger partial charge in [-0.05, 0) is 43.2 Å². The van der Waals surface area contributed by atoms with Crippen molar-refractivity contribution in [2.45, 2.75) is 18.9 Å². The molecule has 1 aliphatic heterocycles. The summed E-state index contributed by atoms with van der Waals surface area (Å²) in [6, 6.07) is 24.1. The van der Waals surface area contributed by atoms with Crippen LogP contribution in [0.3, 0.4) is 0 Å². The van der Waals surface area contributed by atoms with Crippen molar-refractivity contribution in [1.82, 2.24) is 19.6 Å². The van der Waals surface area contributed by atoms with E-state index in [0.717, 1.165) is 31.6 Å². The fourth-order valence-electron chi connectivity index (χ4n) is 4.09. The number of benzene rings is 2. The van der Waals surface area contributed by atoms with E-state index in [2.05, 4.69) is 34.3 Å². The molecule has 0 amide bonds. The number of para-hydroxylation sites is 2.